The maximum absolute atomic E-state index is 12.6. The predicted molar refractivity (Wildman–Crippen MR) is 94.6 cm³/mol. The van der Waals surface area contributed by atoms with E-state index in [1.807, 2.05) is 52.2 Å². The van der Waals surface area contributed by atoms with Crippen LogP contribution in [0.5, 0.6) is 0 Å². The number of nitrogens with one attached hydrogen (secondary N) is 1. The molecule has 3 rings (SSSR count). The van der Waals surface area contributed by atoms with Crippen molar-refractivity contribution in [2.45, 2.75) is 38.1 Å². The third-order valence-electron chi connectivity index (χ3n) is 4.57. The van der Waals surface area contributed by atoms with Crippen LogP contribution >= 0.6 is 11.6 Å². The highest BCUT2D eigenvalue weighted by atomic mass is 35.5. The Morgan fingerprint density at radius 3 is 2.75 bits per heavy atom. The molecule has 0 radical (unpaired) electrons. The van der Waals surface area contributed by atoms with Gasteiger partial charge in [-0.2, -0.15) is 5.10 Å². The van der Waals surface area contributed by atoms with E-state index >= 15 is 0 Å². The number of aryl methyl sites for hydroxylation is 1. The van der Waals surface area contributed by atoms with Crippen LogP contribution in [-0.2, 0) is 22.8 Å². The van der Waals surface area contributed by atoms with Gasteiger partial charge in [0.25, 0.3) is 0 Å². The van der Waals surface area contributed by atoms with Crippen molar-refractivity contribution in [3.8, 4) is 0 Å². The third kappa shape index (κ3) is 2.84. The van der Waals surface area contributed by atoms with Crippen LogP contribution in [0.4, 0.5) is 0 Å². The van der Waals surface area contributed by atoms with Gasteiger partial charge < -0.3 is 5.32 Å². The summed E-state index contributed by atoms with van der Waals surface area (Å²) < 4.78 is 1.76. The SMILES string of the molecule is Cn1cc(C=CCC2(C)NC(=O)C(C)(C)c3nc(Cl)ccc32)cn1. The van der Waals surface area contributed by atoms with E-state index in [2.05, 4.69) is 15.4 Å². The lowest BCUT2D eigenvalue weighted by molar-refractivity contribution is -0.128. The number of hydrogen-bond acceptors (Lipinski definition) is 3. The molecule has 0 aromatic carbocycles. The Hall–Kier alpha value is -2.14. The molecule has 0 spiro atoms. The second kappa shape index (κ2) is 5.74. The summed E-state index contributed by atoms with van der Waals surface area (Å²) in [4.78, 5) is 17.1. The van der Waals surface area contributed by atoms with E-state index in [4.69, 9.17) is 11.6 Å². The lowest BCUT2D eigenvalue weighted by Gasteiger charge is -2.42. The van der Waals surface area contributed by atoms with E-state index in [1.54, 1.807) is 16.9 Å². The van der Waals surface area contributed by atoms with Gasteiger partial charge >= 0.3 is 0 Å². The fraction of sp³-hybridized carbons (Fsp3) is 0.389. The molecule has 1 amide bonds. The number of aromatic nitrogens is 3. The highest BCUT2D eigenvalue weighted by Crippen LogP contribution is 2.39. The number of nitrogens with zero attached hydrogens (tertiary/aromatic N) is 3. The van der Waals surface area contributed by atoms with Gasteiger partial charge in [0.05, 0.1) is 22.8 Å². The largest absolute Gasteiger partial charge is 0.346 e. The molecule has 1 atom stereocenters. The van der Waals surface area contributed by atoms with Crippen molar-refractivity contribution in [3.05, 3.63) is 52.6 Å². The standard InChI is InChI=1S/C18H21ClN4O/c1-17(2)15-13(7-8-14(19)21-15)18(3,22-16(17)24)9-5-6-12-10-20-23(4)11-12/h5-8,10-11H,9H2,1-4H3,(H,22,24). The van der Waals surface area contributed by atoms with Gasteiger partial charge in [-0.1, -0.05) is 29.8 Å². The molecule has 6 heteroatoms. The third-order valence-corrected chi connectivity index (χ3v) is 4.78. The van der Waals surface area contributed by atoms with E-state index in [1.165, 1.54) is 0 Å². The van der Waals surface area contributed by atoms with Crippen LogP contribution in [0.1, 0.15) is 44.0 Å². The Morgan fingerprint density at radius 1 is 1.33 bits per heavy atom. The van der Waals surface area contributed by atoms with Crippen molar-refractivity contribution in [2.24, 2.45) is 7.05 Å². The minimum absolute atomic E-state index is 0.0398. The zero-order valence-corrected chi connectivity index (χ0v) is 15.1. The van der Waals surface area contributed by atoms with E-state index in [0.717, 1.165) is 16.8 Å². The molecule has 1 aliphatic rings. The molecular formula is C18H21ClN4O. The first-order chi connectivity index (χ1) is 11.2. The van der Waals surface area contributed by atoms with Crippen molar-refractivity contribution < 1.29 is 4.79 Å². The molecule has 1 unspecified atom stereocenters. The molecule has 0 saturated heterocycles. The average Bonchev–Trinajstić information content (AvgIpc) is 2.91. The molecule has 126 valence electrons. The number of fused-ring (bicyclic) bond motifs is 1. The lowest BCUT2D eigenvalue weighted by Crippen LogP contribution is -2.56. The van der Waals surface area contributed by atoms with Gasteiger partial charge in [0.2, 0.25) is 5.91 Å². The number of carbonyl (C=O) groups is 1. The summed E-state index contributed by atoms with van der Waals surface area (Å²) in [5.41, 5.74) is 1.56. The highest BCUT2D eigenvalue weighted by Gasteiger charge is 2.45. The predicted octanol–water partition coefficient (Wildman–Crippen LogP) is 3.19. The van der Waals surface area contributed by atoms with Crippen LogP contribution < -0.4 is 5.32 Å². The summed E-state index contributed by atoms with van der Waals surface area (Å²) >= 11 is 6.07. The van der Waals surface area contributed by atoms with E-state index in [0.29, 0.717) is 11.6 Å². The van der Waals surface area contributed by atoms with Gasteiger partial charge in [-0.25, -0.2) is 4.98 Å². The molecule has 1 N–H and O–H groups in total. The number of halogens is 1. The lowest BCUT2D eigenvalue weighted by atomic mass is 9.73. The normalized spacial score (nSPS) is 22.5. The number of carbonyl (C=O) groups excluding carboxylic acids is 1. The van der Waals surface area contributed by atoms with Gasteiger partial charge in [-0.15, -0.1) is 0 Å². The first-order valence-corrected chi connectivity index (χ1v) is 8.25. The van der Waals surface area contributed by atoms with Gasteiger partial charge in [0.1, 0.15) is 5.15 Å². The molecule has 5 nitrogen and oxygen atoms in total. The van der Waals surface area contributed by atoms with Gasteiger partial charge in [-0.05, 0) is 33.3 Å². The summed E-state index contributed by atoms with van der Waals surface area (Å²) in [6.45, 7) is 5.76. The second-order valence-electron chi connectivity index (χ2n) is 7.00. The van der Waals surface area contributed by atoms with E-state index in [-0.39, 0.29) is 5.91 Å². The summed E-state index contributed by atoms with van der Waals surface area (Å²) in [6, 6.07) is 3.74. The maximum Gasteiger partial charge on any atom is 0.232 e. The topological polar surface area (TPSA) is 59.8 Å². The monoisotopic (exact) mass is 344 g/mol. The van der Waals surface area contributed by atoms with Crippen LogP contribution in [0, 0.1) is 0 Å². The Bertz CT molecular complexity index is 824. The highest BCUT2D eigenvalue weighted by molar-refractivity contribution is 6.29. The number of amides is 1. The fourth-order valence-electron chi connectivity index (χ4n) is 3.06. The minimum Gasteiger partial charge on any atom is -0.346 e. The fourth-order valence-corrected chi connectivity index (χ4v) is 3.20. The summed E-state index contributed by atoms with van der Waals surface area (Å²) in [7, 11) is 1.88. The van der Waals surface area contributed by atoms with Crippen molar-refractivity contribution in [1.82, 2.24) is 20.1 Å². The first kappa shape index (κ1) is 16.7. The van der Waals surface area contributed by atoms with Gasteiger partial charge in [-0.3, -0.25) is 9.48 Å². The molecule has 1 aliphatic heterocycles. The number of rotatable bonds is 3. The van der Waals surface area contributed by atoms with Crippen molar-refractivity contribution in [3.63, 3.8) is 0 Å². The van der Waals surface area contributed by atoms with Crippen LogP contribution in [0.3, 0.4) is 0 Å². The molecule has 0 saturated carbocycles. The maximum atomic E-state index is 12.6. The quantitative estimate of drug-likeness (QED) is 0.870. The molecule has 0 bridgehead atoms. The number of pyridine rings is 1. The summed E-state index contributed by atoms with van der Waals surface area (Å²) in [5.74, 6) is -0.0398. The second-order valence-corrected chi connectivity index (χ2v) is 7.38. The van der Waals surface area contributed by atoms with Gasteiger partial charge in [0.15, 0.2) is 0 Å². The summed E-state index contributed by atoms with van der Waals surface area (Å²) in [6.07, 6.45) is 8.45. The zero-order valence-electron chi connectivity index (χ0n) is 14.3. The van der Waals surface area contributed by atoms with E-state index in [9.17, 15) is 4.79 Å². The van der Waals surface area contributed by atoms with Gasteiger partial charge in [0, 0.05) is 24.4 Å². The first-order valence-electron chi connectivity index (χ1n) is 7.88. The Labute approximate surface area is 146 Å². The molecule has 0 fully saturated rings. The zero-order chi connectivity index (χ0) is 17.5. The molecule has 0 aliphatic carbocycles. The molecule has 3 heterocycles. The minimum atomic E-state index is -0.702. The van der Waals surface area contributed by atoms with Crippen molar-refractivity contribution in [1.29, 1.82) is 0 Å². The van der Waals surface area contributed by atoms with Crippen LogP contribution in [-0.4, -0.2) is 20.7 Å². The van der Waals surface area contributed by atoms with Crippen LogP contribution in [0.15, 0.2) is 30.6 Å². The summed E-state index contributed by atoms with van der Waals surface area (Å²) in [5, 5.41) is 7.71. The molecule has 2 aromatic heterocycles. The van der Waals surface area contributed by atoms with Crippen LogP contribution in [0.25, 0.3) is 6.08 Å². The average molecular weight is 345 g/mol. The Morgan fingerprint density at radius 2 is 2.08 bits per heavy atom. The van der Waals surface area contributed by atoms with E-state index < -0.39 is 11.0 Å². The smallest absolute Gasteiger partial charge is 0.232 e. The molecular weight excluding hydrogens is 324 g/mol. The molecule has 2 aromatic rings. The Kier molecular flexibility index (Phi) is 4.00. The van der Waals surface area contributed by atoms with Crippen molar-refractivity contribution >= 4 is 23.6 Å². The number of hydrogen-bond donors (Lipinski definition) is 1. The van der Waals surface area contributed by atoms with Crippen LogP contribution in [0.2, 0.25) is 5.15 Å². The van der Waals surface area contributed by atoms with Crippen molar-refractivity contribution in [2.75, 3.05) is 0 Å². The Balaban J connectivity index is 1.95. The molecule has 24 heavy (non-hydrogen) atoms.